The summed E-state index contributed by atoms with van der Waals surface area (Å²) in [7, 11) is -2.59. The minimum atomic E-state index is -4.75. The number of carbonyl (C=O) groups is 1. The van der Waals surface area contributed by atoms with E-state index in [9.17, 15) is 26.4 Å². The van der Waals surface area contributed by atoms with Gasteiger partial charge in [-0.1, -0.05) is 0 Å². The summed E-state index contributed by atoms with van der Waals surface area (Å²) in [6.07, 6.45) is -2.14. The Labute approximate surface area is 177 Å². The van der Waals surface area contributed by atoms with Crippen molar-refractivity contribution in [1.82, 2.24) is 14.6 Å². The van der Waals surface area contributed by atoms with Crippen molar-refractivity contribution in [2.24, 2.45) is 0 Å². The quantitative estimate of drug-likeness (QED) is 0.754. The van der Waals surface area contributed by atoms with Crippen LogP contribution in [0.4, 0.5) is 18.9 Å². The van der Waals surface area contributed by atoms with Crippen LogP contribution in [0.3, 0.4) is 0 Å². The fourth-order valence-electron chi connectivity index (χ4n) is 3.37. The van der Waals surface area contributed by atoms with Crippen molar-refractivity contribution in [3.8, 4) is 6.07 Å². The maximum Gasteiger partial charge on any atom is 0.417 e. The number of aromatic nitrogens is 1. The molecule has 3 rings (SSSR count). The molecule has 1 fully saturated rings. The Bertz CT molecular complexity index is 1120. The zero-order chi connectivity index (χ0) is 22.8. The predicted octanol–water partition coefficient (Wildman–Crippen LogP) is 1.60. The summed E-state index contributed by atoms with van der Waals surface area (Å²) >= 11 is 0. The van der Waals surface area contributed by atoms with Crippen molar-refractivity contribution in [3.05, 3.63) is 53.9 Å². The van der Waals surface area contributed by atoms with Gasteiger partial charge in [0.2, 0.25) is 15.9 Å². The van der Waals surface area contributed by atoms with Crippen LogP contribution in [-0.4, -0.2) is 56.3 Å². The van der Waals surface area contributed by atoms with E-state index >= 15 is 0 Å². The van der Waals surface area contributed by atoms with Gasteiger partial charge < -0.3 is 10.2 Å². The van der Waals surface area contributed by atoms with E-state index in [1.54, 1.807) is 0 Å². The number of nitrogens with zero attached hydrogens (tertiary/aromatic N) is 4. The molecule has 2 aromatic rings. The zero-order valence-corrected chi connectivity index (χ0v) is 17.1. The highest BCUT2D eigenvalue weighted by molar-refractivity contribution is 7.89. The van der Waals surface area contributed by atoms with Gasteiger partial charge in [0.25, 0.3) is 0 Å². The number of amides is 1. The number of alkyl halides is 3. The monoisotopic (exact) mass is 453 g/mol. The molecule has 1 aromatic carbocycles. The number of rotatable bonds is 4. The van der Waals surface area contributed by atoms with Gasteiger partial charge in [-0.25, -0.2) is 8.42 Å². The molecule has 0 saturated carbocycles. The van der Waals surface area contributed by atoms with Crippen molar-refractivity contribution in [2.45, 2.75) is 17.1 Å². The standard InChI is InChI=1S/C19H18F3N5O3S/c1-24-18(28)17-12-26(31(29,30)15-3-2-6-25-11-15)7-8-27(17)14-5-4-13(10-23)16(9-14)19(20,21)22/h2-6,9,11,17H,7-8,12H2,1H3,(H,24,28). The number of hydrogen-bond donors (Lipinski definition) is 1. The number of halogens is 3. The van der Waals surface area contributed by atoms with Crippen molar-refractivity contribution in [1.29, 1.82) is 5.26 Å². The highest BCUT2D eigenvalue weighted by atomic mass is 32.2. The molecule has 1 atom stereocenters. The SMILES string of the molecule is CNC(=O)C1CN(S(=O)(=O)c2cccnc2)CCN1c1ccc(C#N)c(C(F)(F)F)c1. The van der Waals surface area contributed by atoms with Gasteiger partial charge in [0.05, 0.1) is 17.2 Å². The fraction of sp³-hybridized carbons (Fsp3) is 0.316. The molecule has 164 valence electrons. The molecule has 0 spiro atoms. The second-order valence-electron chi connectivity index (χ2n) is 6.71. The van der Waals surface area contributed by atoms with Gasteiger partial charge in [-0.15, -0.1) is 0 Å². The molecule has 1 N–H and O–H groups in total. The van der Waals surface area contributed by atoms with Crippen LogP contribution in [0.2, 0.25) is 0 Å². The molecule has 31 heavy (non-hydrogen) atoms. The zero-order valence-electron chi connectivity index (χ0n) is 16.3. The summed E-state index contributed by atoms with van der Waals surface area (Å²) in [5, 5.41) is 11.4. The summed E-state index contributed by atoms with van der Waals surface area (Å²) in [5.74, 6) is -0.552. The first kappa shape index (κ1) is 22.5. The van der Waals surface area contributed by atoms with E-state index in [4.69, 9.17) is 5.26 Å². The molecule has 1 amide bonds. The maximum absolute atomic E-state index is 13.4. The van der Waals surface area contributed by atoms with E-state index in [0.717, 1.165) is 16.4 Å². The van der Waals surface area contributed by atoms with Gasteiger partial charge in [0.15, 0.2) is 0 Å². The Hall–Kier alpha value is -3.17. The first-order valence-corrected chi connectivity index (χ1v) is 10.5. The molecule has 12 heteroatoms. The molecule has 0 radical (unpaired) electrons. The van der Waals surface area contributed by atoms with Crippen LogP contribution < -0.4 is 10.2 Å². The smallest absolute Gasteiger partial charge is 0.357 e. The third kappa shape index (κ3) is 4.47. The number of anilines is 1. The van der Waals surface area contributed by atoms with Crippen LogP contribution >= 0.6 is 0 Å². The Morgan fingerprint density at radius 2 is 2.03 bits per heavy atom. The normalized spacial score (nSPS) is 17.8. The third-order valence-electron chi connectivity index (χ3n) is 4.92. The van der Waals surface area contributed by atoms with Crippen molar-refractivity contribution in [2.75, 3.05) is 31.6 Å². The van der Waals surface area contributed by atoms with E-state index in [1.807, 2.05) is 0 Å². The van der Waals surface area contributed by atoms with E-state index in [-0.39, 0.29) is 30.2 Å². The molecule has 1 saturated heterocycles. The van der Waals surface area contributed by atoms with Crippen LogP contribution in [0, 0.1) is 11.3 Å². The van der Waals surface area contributed by atoms with Crippen molar-refractivity contribution >= 4 is 21.6 Å². The first-order chi connectivity index (χ1) is 14.6. The Morgan fingerprint density at radius 3 is 2.61 bits per heavy atom. The summed E-state index contributed by atoms with van der Waals surface area (Å²) in [6, 6.07) is 6.44. The minimum absolute atomic E-state index is 0.0270. The molecule has 1 aromatic heterocycles. The summed E-state index contributed by atoms with van der Waals surface area (Å²) in [4.78, 5) is 17.7. The van der Waals surface area contributed by atoms with E-state index in [2.05, 4.69) is 10.3 Å². The lowest BCUT2D eigenvalue weighted by atomic mass is 10.0. The molecule has 0 bridgehead atoms. The Kier molecular flexibility index (Phi) is 6.19. The number of piperazine rings is 1. The second kappa shape index (κ2) is 8.52. The van der Waals surface area contributed by atoms with Crippen LogP contribution in [0.5, 0.6) is 0 Å². The van der Waals surface area contributed by atoms with E-state index < -0.39 is 39.3 Å². The van der Waals surface area contributed by atoms with Gasteiger partial charge in [-0.3, -0.25) is 9.78 Å². The molecule has 0 aliphatic carbocycles. The molecule has 1 aliphatic heterocycles. The number of nitriles is 1. The molecule has 8 nitrogen and oxygen atoms in total. The lowest BCUT2D eigenvalue weighted by Gasteiger charge is -2.41. The predicted molar refractivity (Wildman–Crippen MR) is 104 cm³/mol. The van der Waals surface area contributed by atoms with Crippen LogP contribution in [0.15, 0.2) is 47.6 Å². The lowest BCUT2D eigenvalue weighted by molar-refractivity contribution is -0.137. The Morgan fingerprint density at radius 1 is 1.29 bits per heavy atom. The van der Waals surface area contributed by atoms with Crippen LogP contribution in [0.1, 0.15) is 11.1 Å². The second-order valence-corrected chi connectivity index (χ2v) is 8.65. The van der Waals surface area contributed by atoms with Gasteiger partial charge in [-0.2, -0.15) is 22.7 Å². The van der Waals surface area contributed by atoms with Crippen LogP contribution in [-0.2, 0) is 21.0 Å². The number of nitrogens with one attached hydrogen (secondary N) is 1. The number of carbonyl (C=O) groups excluding carboxylic acids is 1. The first-order valence-electron chi connectivity index (χ1n) is 9.09. The Balaban J connectivity index is 1.97. The number of benzene rings is 1. The van der Waals surface area contributed by atoms with Crippen molar-refractivity contribution in [3.63, 3.8) is 0 Å². The average Bonchev–Trinajstić information content (AvgIpc) is 2.77. The number of sulfonamides is 1. The maximum atomic E-state index is 13.4. The van der Waals surface area contributed by atoms with Gasteiger partial charge >= 0.3 is 6.18 Å². The van der Waals surface area contributed by atoms with Crippen molar-refractivity contribution < 1.29 is 26.4 Å². The largest absolute Gasteiger partial charge is 0.417 e. The molecule has 2 heterocycles. The fourth-order valence-corrected chi connectivity index (χ4v) is 4.77. The molecular weight excluding hydrogens is 435 g/mol. The van der Waals surface area contributed by atoms with E-state index in [0.29, 0.717) is 0 Å². The summed E-state index contributed by atoms with van der Waals surface area (Å²) < 4.78 is 67.0. The highest BCUT2D eigenvalue weighted by Crippen LogP contribution is 2.35. The molecular formula is C19H18F3N5O3S. The van der Waals surface area contributed by atoms with Gasteiger partial charge in [0.1, 0.15) is 10.9 Å². The minimum Gasteiger partial charge on any atom is -0.357 e. The van der Waals surface area contributed by atoms with Gasteiger partial charge in [0, 0.05) is 44.8 Å². The topological polar surface area (TPSA) is 106 Å². The number of likely N-dealkylation sites (N-methyl/N-ethyl adjacent to an activating group) is 1. The van der Waals surface area contributed by atoms with E-state index in [1.165, 1.54) is 48.6 Å². The third-order valence-corrected chi connectivity index (χ3v) is 6.77. The molecule has 1 unspecified atom stereocenters. The summed E-state index contributed by atoms with van der Waals surface area (Å²) in [5.41, 5.74) is -1.59. The number of pyridine rings is 1. The number of hydrogen-bond acceptors (Lipinski definition) is 6. The highest BCUT2D eigenvalue weighted by Gasteiger charge is 2.39. The molecule has 1 aliphatic rings. The summed E-state index contributed by atoms with van der Waals surface area (Å²) in [6.45, 7) is -0.342. The lowest BCUT2D eigenvalue weighted by Crippen LogP contribution is -2.60. The van der Waals surface area contributed by atoms with Gasteiger partial charge in [-0.05, 0) is 30.3 Å². The average molecular weight is 453 g/mol. The van der Waals surface area contributed by atoms with Crippen LogP contribution in [0.25, 0.3) is 0 Å².